The number of halogens is 5. The number of nitrogens with zero attached hydrogens (tertiary/aromatic N) is 12. The summed E-state index contributed by atoms with van der Waals surface area (Å²) in [6.07, 6.45) is -2.91. The van der Waals surface area contributed by atoms with Gasteiger partial charge in [0, 0.05) is 44.0 Å². The number of guanidine groups is 3. The van der Waals surface area contributed by atoms with Gasteiger partial charge >= 0.3 is 18.4 Å². The molecule has 106 heavy (non-hydrogen) atoms. The average Bonchev–Trinajstić information content (AvgIpc) is 0.770. The molecule has 588 valence electrons. The van der Waals surface area contributed by atoms with Crippen molar-refractivity contribution in [3.05, 3.63) is 138 Å². The number of amides is 1. The number of carbonyl (C=O) groups excluding carboxylic acids is 4. The molecule has 0 fully saturated rings. The minimum Gasteiger partial charge on any atom is -0.444 e. The zero-order valence-corrected chi connectivity index (χ0v) is 71.9. The van der Waals surface area contributed by atoms with E-state index < -0.39 is 97.5 Å². The number of nitrogens with one attached hydrogen (secondary N) is 2. The molecule has 4 atom stereocenters. The minimum absolute atomic E-state index is 0. The number of nitriles is 1. The van der Waals surface area contributed by atoms with Crippen molar-refractivity contribution in [1.82, 2.24) is 47.9 Å². The maximum absolute atomic E-state index is 12.5. The van der Waals surface area contributed by atoms with E-state index in [-0.39, 0.29) is 59.9 Å². The summed E-state index contributed by atoms with van der Waals surface area (Å²) >= 11 is 15.4. The molecule has 0 saturated heterocycles. The second-order valence-corrected chi connectivity index (χ2v) is 37.9. The van der Waals surface area contributed by atoms with Crippen molar-refractivity contribution >= 4 is 168 Å². The fourth-order valence-electron chi connectivity index (χ4n) is 8.36. The highest BCUT2D eigenvalue weighted by Gasteiger charge is 2.45. The van der Waals surface area contributed by atoms with E-state index in [4.69, 9.17) is 42.4 Å². The molecule has 8 heterocycles. The second kappa shape index (κ2) is 39.3. The van der Waals surface area contributed by atoms with Crippen molar-refractivity contribution in [3.63, 3.8) is 0 Å². The number of aliphatic imine (C=N–C) groups is 3. The van der Waals surface area contributed by atoms with Crippen molar-refractivity contribution < 1.29 is 71.8 Å². The molecule has 0 unspecified atom stereocenters. The maximum Gasteiger partial charge on any atom is 0.519 e. The standard InChI is InChI=1S/C15H23N5O4S.2C10H13BrN4O2S.C10H18O5.C9H14BrN3O2S.C7H6BrNO.CBrN.CH4/c1-14(2,3)24-13(21)18-12-19-15(4,9-25(22,23)20(12)5)10-7-6-8-11(16)17-10;2*1-10(7-4-3-5-8(11)13-7)6-18(16,17)15(2)9(12)14-10;1-9(2,3)14-7(11)13-8(12)15-10(4,5)6;1-9(11,6-16(14,15)12-2)7-4-3-5-8(10)13-7;1-5(10)6-3-2-4-7(8)9-6;2-1-3;/h6-8H,9H2,1-5H3,(H2,16,17)(H,18,19,21);2*3-5H,6H2,1-2H3,(H2,12,14);1-6H3;3-5,12H,6,11H2,1-2H3;2-4H,1H3;;1H4/t15-;2*10-;;9-;;;/m000.0.../s1. The van der Waals surface area contributed by atoms with E-state index in [2.05, 4.69) is 134 Å². The highest BCUT2D eigenvalue weighted by molar-refractivity contribution is 9.12. The van der Waals surface area contributed by atoms with Gasteiger partial charge in [-0.3, -0.25) is 10.1 Å². The molecule has 0 saturated carbocycles. The quantitative estimate of drug-likeness (QED) is 0.0277. The Morgan fingerprint density at radius 3 is 1.24 bits per heavy atom. The van der Waals surface area contributed by atoms with E-state index in [0.29, 0.717) is 46.9 Å². The summed E-state index contributed by atoms with van der Waals surface area (Å²) in [7, 11) is -8.54. The topological polar surface area (TPSA) is 505 Å². The highest BCUT2D eigenvalue weighted by Crippen LogP contribution is 2.34. The van der Waals surface area contributed by atoms with Crippen molar-refractivity contribution in [2.24, 2.45) is 32.2 Å². The van der Waals surface area contributed by atoms with Gasteiger partial charge in [-0.05, 0) is 221 Å². The van der Waals surface area contributed by atoms with Crippen LogP contribution >= 0.6 is 79.6 Å². The maximum atomic E-state index is 12.5. The third kappa shape index (κ3) is 32.3. The largest absolute Gasteiger partial charge is 0.519 e. The fourth-order valence-corrected chi connectivity index (χ4v) is 15.2. The Bertz CT molecular complexity index is 4410. The number of pyridine rings is 5. The first-order valence-electron chi connectivity index (χ1n) is 30.5. The molecule has 1 amide bonds. The van der Waals surface area contributed by atoms with E-state index in [9.17, 15) is 52.8 Å². The number of aromatic nitrogens is 5. The zero-order valence-electron chi connectivity index (χ0n) is 60.7. The minimum atomic E-state index is -3.72. The van der Waals surface area contributed by atoms with Crippen molar-refractivity contribution in [2.45, 2.75) is 143 Å². The Morgan fingerprint density at radius 1 is 0.566 bits per heavy atom. The summed E-state index contributed by atoms with van der Waals surface area (Å²) in [5, 5.41) is 9.63. The van der Waals surface area contributed by atoms with Gasteiger partial charge in [-0.2, -0.15) is 5.26 Å². The highest BCUT2D eigenvalue weighted by atomic mass is 79.9. The third-order valence-corrected chi connectivity index (χ3v) is 22.5. The first-order chi connectivity index (χ1) is 47.7. The zero-order chi connectivity index (χ0) is 81.1. The predicted molar refractivity (Wildman–Crippen MR) is 422 cm³/mol. The van der Waals surface area contributed by atoms with E-state index in [0.717, 1.165) is 12.9 Å². The number of sulfonamides is 4. The summed E-state index contributed by atoms with van der Waals surface area (Å²) in [5.41, 5.74) is 19.3. The number of hydrogen-bond acceptors (Lipinski definition) is 29. The second-order valence-electron chi connectivity index (χ2n) is 26.4. The smallest absolute Gasteiger partial charge is 0.444 e. The molecule has 5 aromatic heterocycles. The van der Waals surface area contributed by atoms with Crippen molar-refractivity contribution in [1.29, 1.82) is 5.26 Å². The number of ether oxygens (including phenoxy) is 4. The monoisotopic (exact) mass is 1880 g/mol. The van der Waals surface area contributed by atoms with Gasteiger partial charge in [0.05, 0.1) is 34.1 Å². The van der Waals surface area contributed by atoms with Crippen LogP contribution in [0.15, 0.2) is 124 Å². The van der Waals surface area contributed by atoms with Gasteiger partial charge in [0.1, 0.15) is 85.6 Å². The van der Waals surface area contributed by atoms with Gasteiger partial charge in [0.2, 0.25) is 58.0 Å². The number of alkyl carbamates (subject to hydrolysis) is 1. The van der Waals surface area contributed by atoms with Gasteiger partial charge in [-0.1, -0.05) is 37.8 Å². The van der Waals surface area contributed by atoms with Crippen LogP contribution in [0, 0.1) is 10.2 Å². The van der Waals surface area contributed by atoms with Crippen molar-refractivity contribution in [2.75, 3.05) is 56.9 Å². The molecule has 10 N–H and O–H groups in total. The van der Waals surface area contributed by atoms with E-state index in [1.54, 1.807) is 186 Å². The van der Waals surface area contributed by atoms with Gasteiger partial charge in [0.15, 0.2) is 5.78 Å². The number of Topliss-reactive ketones (excluding diaryl/α,β-unsaturated/α-hetero) is 1. The molecular formula is C63H91Br5N18O16S4. The summed E-state index contributed by atoms with van der Waals surface area (Å²) < 4.78 is 123. The van der Waals surface area contributed by atoms with Crippen LogP contribution in [-0.4, -0.2) is 182 Å². The molecule has 0 aromatic carbocycles. The van der Waals surface area contributed by atoms with Gasteiger partial charge in [0.25, 0.3) is 0 Å². The Kier molecular flexibility index (Phi) is 35.9. The lowest BCUT2D eigenvalue weighted by atomic mass is 10.0. The van der Waals surface area contributed by atoms with Crippen LogP contribution < -0.4 is 33.0 Å². The predicted octanol–water partition coefficient (Wildman–Crippen LogP) is 9.32. The molecule has 8 rings (SSSR count). The lowest BCUT2D eigenvalue weighted by Gasteiger charge is -2.35. The van der Waals surface area contributed by atoms with Crippen LogP contribution in [0.2, 0.25) is 0 Å². The molecule has 0 bridgehead atoms. The Morgan fingerprint density at radius 2 is 0.906 bits per heavy atom. The molecule has 0 spiro atoms. The van der Waals surface area contributed by atoms with Gasteiger partial charge < -0.3 is 41.9 Å². The molecular weight excluding hydrogens is 1790 g/mol. The first-order valence-corrected chi connectivity index (χ1v) is 40.9. The molecule has 43 heteroatoms. The average molecular weight is 1880 g/mol. The molecule has 0 aliphatic carbocycles. The molecule has 3 aliphatic rings. The van der Waals surface area contributed by atoms with E-state index in [1.165, 1.54) is 35.1 Å². The van der Waals surface area contributed by atoms with Crippen molar-refractivity contribution in [3.8, 4) is 4.98 Å². The van der Waals surface area contributed by atoms with Crippen LogP contribution in [0.1, 0.15) is 138 Å². The van der Waals surface area contributed by atoms with Gasteiger partial charge in [-0.25, -0.2) is 106 Å². The Labute approximate surface area is 662 Å². The first kappa shape index (κ1) is 96.9. The number of hydrogen-bond donors (Lipinski definition) is 6. The fraction of sp³-hybridized carbons (Fsp3) is 0.476. The number of ketones is 1. The molecule has 0 radical (unpaired) electrons. The summed E-state index contributed by atoms with van der Waals surface area (Å²) in [6, 6.07) is 26.0. The molecule has 3 aliphatic heterocycles. The number of nitrogens with two attached hydrogens (primary N) is 4. The van der Waals surface area contributed by atoms with Crippen LogP contribution in [0.5, 0.6) is 0 Å². The summed E-state index contributed by atoms with van der Waals surface area (Å²) in [5.74, 6) is -0.746. The molecule has 5 aromatic rings. The van der Waals surface area contributed by atoms with Crippen LogP contribution in [0.3, 0.4) is 0 Å². The normalized spacial score (nSPS) is 19.5. The van der Waals surface area contributed by atoms with Crippen LogP contribution in [0.4, 0.5) is 20.2 Å². The SMILES string of the molecule is C.CC(=O)c1cccc(Br)n1.CC(C)(C)OC(=O)OC(=O)OC(C)(C)C.CN1C(N)=N[C@](C)(c2cccc(Br)n2)CS1(=O)=O.CN1C(N)=N[C@](C)(c2cccc(Br)n2)CS1(=O)=O.CN1C(NC(=O)OC(C)(C)C)=N[C@](C)(c2cccc(N)n2)CS1(=O)=O.CNS(=O)(=O)C[C@](C)(N)c1cccc(Br)n1.N#CBr. The number of anilines is 1. The lowest BCUT2D eigenvalue weighted by Crippen LogP contribution is -2.54. The number of carbonyl (C=O) groups is 4. The number of rotatable bonds is 8. The third-order valence-electron chi connectivity index (χ3n) is 13.3. The number of nitrogen functional groups attached to an aromatic ring is 1. The van der Waals surface area contributed by atoms with Gasteiger partial charge in [-0.15, -0.1) is 0 Å². The Hall–Kier alpha value is -7.15. The van der Waals surface area contributed by atoms with Crippen LogP contribution in [-0.2, 0) is 81.2 Å². The van der Waals surface area contributed by atoms with E-state index >= 15 is 0 Å². The Balaban J connectivity index is 0.000000640. The molecule has 34 nitrogen and oxygen atoms in total. The summed E-state index contributed by atoms with van der Waals surface area (Å²) in [4.78, 5) is 80.0. The van der Waals surface area contributed by atoms with Crippen LogP contribution in [0.25, 0.3) is 0 Å². The summed E-state index contributed by atoms with van der Waals surface area (Å²) in [6.45, 7) is 23.3. The van der Waals surface area contributed by atoms with E-state index in [1.807, 2.05) is 0 Å². The lowest BCUT2D eigenvalue weighted by molar-refractivity contribution is -0.0294.